The molecule has 0 saturated heterocycles. The molecule has 1 heterocycles. The number of nitrogens with zero attached hydrogens (tertiary/aromatic N) is 3. The van der Waals surface area contributed by atoms with E-state index in [0.717, 1.165) is 23.0 Å². The summed E-state index contributed by atoms with van der Waals surface area (Å²) in [4.78, 5) is 0. The van der Waals surface area contributed by atoms with Crippen molar-refractivity contribution in [2.75, 3.05) is 7.11 Å². The van der Waals surface area contributed by atoms with Crippen molar-refractivity contribution < 1.29 is 9.47 Å². The highest BCUT2D eigenvalue weighted by Crippen LogP contribution is 2.29. The second-order valence-electron chi connectivity index (χ2n) is 4.70. The molecule has 6 nitrogen and oxygen atoms in total. The lowest BCUT2D eigenvalue weighted by Crippen LogP contribution is -2.10. The Morgan fingerprint density at radius 2 is 2.10 bits per heavy atom. The molecule has 1 aromatic heterocycles. The van der Waals surface area contributed by atoms with Crippen LogP contribution in [0.3, 0.4) is 0 Å². The Balaban J connectivity index is 2.21. The van der Waals surface area contributed by atoms with Crippen LogP contribution in [0.2, 0.25) is 0 Å². The van der Waals surface area contributed by atoms with Crippen molar-refractivity contribution in [2.45, 2.75) is 26.5 Å². The smallest absolute Gasteiger partial charge is 0.170 e. The monoisotopic (exact) mass is 276 g/mol. The van der Waals surface area contributed by atoms with Gasteiger partial charge in [-0.3, -0.25) is 0 Å². The van der Waals surface area contributed by atoms with Crippen molar-refractivity contribution in [3.05, 3.63) is 35.4 Å². The van der Waals surface area contributed by atoms with Gasteiger partial charge in [-0.2, -0.15) is 0 Å². The average Bonchev–Trinajstić information content (AvgIpc) is 2.76. The van der Waals surface area contributed by atoms with Gasteiger partial charge in [0.1, 0.15) is 23.9 Å². The van der Waals surface area contributed by atoms with Gasteiger partial charge in [0.25, 0.3) is 0 Å². The molecule has 0 spiro atoms. The molecule has 108 valence electrons. The summed E-state index contributed by atoms with van der Waals surface area (Å²) >= 11 is 0. The molecule has 0 aliphatic heterocycles. The zero-order valence-electron chi connectivity index (χ0n) is 12.3. The molecule has 1 aromatic carbocycles. The van der Waals surface area contributed by atoms with Crippen molar-refractivity contribution in [2.24, 2.45) is 12.8 Å². The molecule has 0 amide bonds. The van der Waals surface area contributed by atoms with E-state index in [1.165, 1.54) is 0 Å². The van der Waals surface area contributed by atoms with Crippen LogP contribution in [0.4, 0.5) is 0 Å². The first-order valence-electron chi connectivity index (χ1n) is 6.44. The van der Waals surface area contributed by atoms with Gasteiger partial charge < -0.3 is 19.8 Å². The minimum absolute atomic E-state index is 0.114. The lowest BCUT2D eigenvalue weighted by atomic mass is 10.1. The Kier molecular flexibility index (Phi) is 4.24. The first-order chi connectivity index (χ1) is 9.52. The zero-order valence-corrected chi connectivity index (χ0v) is 12.3. The number of hydrogen-bond acceptors (Lipinski definition) is 5. The van der Waals surface area contributed by atoms with E-state index in [1.54, 1.807) is 7.11 Å². The summed E-state index contributed by atoms with van der Waals surface area (Å²) < 4.78 is 12.9. The van der Waals surface area contributed by atoms with E-state index in [1.807, 2.05) is 43.7 Å². The maximum atomic E-state index is 5.96. The van der Waals surface area contributed by atoms with Gasteiger partial charge in [-0.1, -0.05) is 6.07 Å². The number of aromatic nitrogens is 3. The van der Waals surface area contributed by atoms with Gasteiger partial charge in [0.2, 0.25) is 0 Å². The van der Waals surface area contributed by atoms with Crippen LogP contribution in [0.25, 0.3) is 0 Å². The summed E-state index contributed by atoms with van der Waals surface area (Å²) in [6, 6.07) is 5.51. The lowest BCUT2D eigenvalue weighted by Gasteiger charge is -2.15. The van der Waals surface area contributed by atoms with Crippen LogP contribution in [0.5, 0.6) is 11.5 Å². The molecule has 1 atom stereocenters. The molecule has 0 unspecified atom stereocenters. The molecule has 2 aromatic rings. The fourth-order valence-corrected chi connectivity index (χ4v) is 1.86. The molecule has 0 aliphatic rings. The van der Waals surface area contributed by atoms with E-state index < -0.39 is 0 Å². The molecule has 0 fully saturated rings. The Hall–Kier alpha value is -2.08. The summed E-state index contributed by atoms with van der Waals surface area (Å²) in [6.45, 7) is 4.15. The molecule has 0 aliphatic carbocycles. The Labute approximate surface area is 118 Å². The van der Waals surface area contributed by atoms with Crippen LogP contribution in [0, 0.1) is 6.92 Å². The second-order valence-corrected chi connectivity index (χ2v) is 4.70. The van der Waals surface area contributed by atoms with Gasteiger partial charge in [0.05, 0.1) is 7.11 Å². The third-order valence-electron chi connectivity index (χ3n) is 3.25. The normalized spacial score (nSPS) is 12.2. The van der Waals surface area contributed by atoms with E-state index in [2.05, 4.69) is 10.2 Å². The molecular formula is C14H20N4O2. The van der Waals surface area contributed by atoms with Gasteiger partial charge in [0.15, 0.2) is 5.82 Å². The standard InChI is InChI=1S/C14H20N4O2/c1-9(15)12-6-5-11(19-4)7-13(12)20-8-14-17-16-10(2)18(14)3/h5-7,9H,8,15H2,1-4H3/t9-/m1/s1. The van der Waals surface area contributed by atoms with Crippen molar-refractivity contribution in [3.63, 3.8) is 0 Å². The third-order valence-corrected chi connectivity index (χ3v) is 3.25. The van der Waals surface area contributed by atoms with Crippen molar-refractivity contribution in [3.8, 4) is 11.5 Å². The Morgan fingerprint density at radius 3 is 2.65 bits per heavy atom. The largest absolute Gasteiger partial charge is 0.497 e. The number of benzene rings is 1. The summed E-state index contributed by atoms with van der Waals surface area (Å²) in [5.41, 5.74) is 6.89. The summed E-state index contributed by atoms with van der Waals surface area (Å²) in [5, 5.41) is 8.08. The number of ether oxygens (including phenoxy) is 2. The minimum Gasteiger partial charge on any atom is -0.497 e. The number of nitrogens with two attached hydrogens (primary N) is 1. The summed E-state index contributed by atoms with van der Waals surface area (Å²) in [6.07, 6.45) is 0. The van der Waals surface area contributed by atoms with Crippen LogP contribution in [0.15, 0.2) is 18.2 Å². The van der Waals surface area contributed by atoms with E-state index in [0.29, 0.717) is 12.4 Å². The van der Waals surface area contributed by atoms with Gasteiger partial charge in [-0.25, -0.2) is 0 Å². The summed E-state index contributed by atoms with van der Waals surface area (Å²) in [7, 11) is 3.53. The third kappa shape index (κ3) is 2.91. The molecule has 0 saturated carbocycles. The van der Waals surface area contributed by atoms with Gasteiger partial charge in [-0.05, 0) is 19.9 Å². The molecule has 20 heavy (non-hydrogen) atoms. The number of hydrogen-bond donors (Lipinski definition) is 1. The maximum Gasteiger partial charge on any atom is 0.170 e. The first kappa shape index (κ1) is 14.3. The van der Waals surface area contributed by atoms with Crippen LogP contribution >= 0.6 is 0 Å². The molecule has 0 bridgehead atoms. The van der Waals surface area contributed by atoms with Gasteiger partial charge >= 0.3 is 0 Å². The topological polar surface area (TPSA) is 75.2 Å². The first-order valence-corrected chi connectivity index (χ1v) is 6.44. The highest BCUT2D eigenvalue weighted by molar-refractivity contribution is 5.42. The quantitative estimate of drug-likeness (QED) is 0.900. The minimum atomic E-state index is -0.114. The molecular weight excluding hydrogens is 256 g/mol. The molecule has 0 radical (unpaired) electrons. The maximum absolute atomic E-state index is 5.96. The predicted molar refractivity (Wildman–Crippen MR) is 75.7 cm³/mol. The van der Waals surface area contributed by atoms with Crippen LogP contribution in [0.1, 0.15) is 30.2 Å². The SMILES string of the molecule is COc1ccc([C@@H](C)N)c(OCc2nnc(C)n2C)c1. The van der Waals surface area contributed by atoms with E-state index in [9.17, 15) is 0 Å². The van der Waals surface area contributed by atoms with Crippen LogP contribution < -0.4 is 15.2 Å². The average molecular weight is 276 g/mol. The lowest BCUT2D eigenvalue weighted by molar-refractivity contribution is 0.284. The fourth-order valence-electron chi connectivity index (χ4n) is 1.86. The van der Waals surface area contributed by atoms with E-state index >= 15 is 0 Å². The Morgan fingerprint density at radius 1 is 1.35 bits per heavy atom. The number of methoxy groups -OCH3 is 1. The van der Waals surface area contributed by atoms with E-state index in [-0.39, 0.29) is 6.04 Å². The van der Waals surface area contributed by atoms with Crippen molar-refractivity contribution in [1.82, 2.24) is 14.8 Å². The van der Waals surface area contributed by atoms with Crippen molar-refractivity contribution >= 4 is 0 Å². The fraction of sp³-hybridized carbons (Fsp3) is 0.429. The van der Waals surface area contributed by atoms with Crippen LogP contribution in [-0.2, 0) is 13.7 Å². The predicted octanol–water partition coefficient (Wildman–Crippen LogP) is 1.73. The molecule has 2 rings (SSSR count). The summed E-state index contributed by atoms with van der Waals surface area (Å²) in [5.74, 6) is 3.06. The molecule has 6 heteroatoms. The van der Waals surface area contributed by atoms with Gasteiger partial charge in [0, 0.05) is 24.7 Å². The van der Waals surface area contributed by atoms with Gasteiger partial charge in [-0.15, -0.1) is 10.2 Å². The highest BCUT2D eigenvalue weighted by atomic mass is 16.5. The second kappa shape index (κ2) is 5.92. The van der Waals surface area contributed by atoms with E-state index in [4.69, 9.17) is 15.2 Å². The van der Waals surface area contributed by atoms with Crippen molar-refractivity contribution in [1.29, 1.82) is 0 Å². The number of rotatable bonds is 5. The number of aryl methyl sites for hydroxylation is 1. The van der Waals surface area contributed by atoms with Crippen LogP contribution in [-0.4, -0.2) is 21.9 Å². The highest BCUT2D eigenvalue weighted by Gasteiger charge is 2.12. The molecule has 2 N–H and O–H groups in total. The zero-order chi connectivity index (χ0) is 14.7. The Bertz CT molecular complexity index is 593.